The normalized spacial score (nSPS) is 11.0. The van der Waals surface area contributed by atoms with Crippen LogP contribution in [0.25, 0.3) is 10.9 Å². The molecule has 0 bridgehead atoms. The molecule has 4 heteroatoms. The zero-order chi connectivity index (χ0) is 21.1. The van der Waals surface area contributed by atoms with Crippen molar-refractivity contribution in [1.29, 1.82) is 5.26 Å². The largest absolute Gasteiger partial charge is 1.00 e. The highest BCUT2D eigenvalue weighted by molar-refractivity contribution is 7.95. The van der Waals surface area contributed by atoms with Crippen LogP contribution in [0.5, 0.6) is 0 Å². The molecular weight excluding hydrogens is 475 g/mol. The van der Waals surface area contributed by atoms with Gasteiger partial charge in [0.1, 0.15) is 29.3 Å². The summed E-state index contributed by atoms with van der Waals surface area (Å²) in [5.41, 5.74) is 2.95. The van der Waals surface area contributed by atoms with Gasteiger partial charge in [0.25, 0.3) is 0 Å². The zero-order valence-electron chi connectivity index (χ0n) is 17.4. The molecule has 1 N–H and O–H groups in total. The second kappa shape index (κ2) is 9.53. The highest BCUT2D eigenvalue weighted by atomic mass is 79.9. The molecule has 2 nitrogen and oxygen atoms in total. The number of aromatic nitrogens is 1. The van der Waals surface area contributed by atoms with Crippen LogP contribution in [0.2, 0.25) is 0 Å². The number of hydrogen-bond donors (Lipinski definition) is 1. The van der Waals surface area contributed by atoms with E-state index in [1.54, 1.807) is 0 Å². The molecule has 0 fully saturated rings. The van der Waals surface area contributed by atoms with Gasteiger partial charge in [0.05, 0.1) is 17.3 Å². The van der Waals surface area contributed by atoms with Crippen LogP contribution in [-0.4, -0.2) is 4.98 Å². The van der Waals surface area contributed by atoms with Crippen molar-refractivity contribution < 1.29 is 17.0 Å². The third kappa shape index (κ3) is 4.00. The molecule has 0 spiro atoms. The van der Waals surface area contributed by atoms with Crippen LogP contribution in [0, 0.1) is 11.3 Å². The summed E-state index contributed by atoms with van der Waals surface area (Å²) in [4.78, 5) is 3.63. The minimum atomic E-state index is -1.95. The maximum Gasteiger partial charge on any atom is 0.118 e. The Bertz CT molecular complexity index is 1260. The summed E-state index contributed by atoms with van der Waals surface area (Å²) in [5.74, 6) is 0. The summed E-state index contributed by atoms with van der Waals surface area (Å²) >= 11 is 0. The Morgan fingerprint density at radius 1 is 0.656 bits per heavy atom. The summed E-state index contributed by atoms with van der Waals surface area (Å²) in [6.07, 6.45) is 0.890. The van der Waals surface area contributed by atoms with E-state index in [0.717, 1.165) is 17.1 Å². The van der Waals surface area contributed by atoms with Gasteiger partial charge in [-0.3, -0.25) is 0 Å². The second-order valence-corrected chi connectivity index (χ2v) is 11.2. The van der Waals surface area contributed by atoms with Gasteiger partial charge in [-0.1, -0.05) is 54.6 Å². The number of hydrogen-bond acceptors (Lipinski definition) is 1. The van der Waals surface area contributed by atoms with Gasteiger partial charge in [0, 0.05) is 10.9 Å². The number of aromatic amines is 1. The third-order valence-corrected chi connectivity index (χ3v) is 10.2. The predicted molar refractivity (Wildman–Crippen MR) is 132 cm³/mol. The molecule has 156 valence electrons. The summed E-state index contributed by atoms with van der Waals surface area (Å²) in [5, 5.41) is 14.5. The van der Waals surface area contributed by atoms with E-state index in [2.05, 4.69) is 108 Å². The summed E-state index contributed by atoms with van der Waals surface area (Å²) in [7, 11) is -1.95. The molecule has 0 saturated carbocycles. The van der Waals surface area contributed by atoms with Crippen LogP contribution in [-0.2, 0) is 6.16 Å². The second-order valence-electron chi connectivity index (χ2n) is 7.68. The first-order valence-corrected chi connectivity index (χ1v) is 12.3. The molecule has 1 heterocycles. The lowest BCUT2D eigenvalue weighted by atomic mass is 10.2. The van der Waals surface area contributed by atoms with Crippen molar-refractivity contribution in [1.82, 2.24) is 4.98 Å². The number of H-pyrrole nitrogens is 1. The average Bonchev–Trinajstić information content (AvgIpc) is 3.25. The van der Waals surface area contributed by atoms with Crippen molar-refractivity contribution in [3.05, 3.63) is 127 Å². The van der Waals surface area contributed by atoms with Crippen LogP contribution < -0.4 is 32.9 Å². The molecular formula is C28H22BrN2P. The van der Waals surface area contributed by atoms with Gasteiger partial charge in [0.2, 0.25) is 0 Å². The maximum atomic E-state index is 9.28. The van der Waals surface area contributed by atoms with E-state index in [4.69, 9.17) is 0 Å². The topological polar surface area (TPSA) is 39.6 Å². The summed E-state index contributed by atoms with van der Waals surface area (Å²) in [6.45, 7) is 0. The lowest BCUT2D eigenvalue weighted by Crippen LogP contribution is -3.00. The fraction of sp³-hybridized carbons (Fsp3) is 0.0357. The minimum Gasteiger partial charge on any atom is -1.00 e. The first-order valence-electron chi connectivity index (χ1n) is 10.4. The summed E-state index contributed by atoms with van der Waals surface area (Å²) < 4.78 is 0. The number of nitriles is 1. The number of nitrogens with one attached hydrogen (secondary N) is 1. The standard InChI is InChI=1S/C28H22N2P.BrH/c29-20-22-16-17-28-23(18-22)19-24(30-28)21-31(25-10-4-1-5-11-25,26-12-6-2-7-13-26)27-14-8-3-9-15-27;/h1-19,30H,21H2;1H/q+1;/p-1. The third-order valence-electron chi connectivity index (χ3n) is 5.80. The van der Waals surface area contributed by atoms with Crippen molar-refractivity contribution in [2.45, 2.75) is 6.16 Å². The maximum absolute atomic E-state index is 9.28. The average molecular weight is 497 g/mol. The van der Waals surface area contributed by atoms with Gasteiger partial charge in [-0.2, -0.15) is 5.26 Å². The fourth-order valence-corrected chi connectivity index (χ4v) is 8.54. The van der Waals surface area contributed by atoms with E-state index in [1.165, 1.54) is 21.6 Å². The van der Waals surface area contributed by atoms with Crippen LogP contribution in [0.3, 0.4) is 0 Å². The fourth-order valence-electron chi connectivity index (χ4n) is 4.37. The Hall–Kier alpha value is -3.18. The van der Waals surface area contributed by atoms with Gasteiger partial charge < -0.3 is 22.0 Å². The number of benzene rings is 4. The highest BCUT2D eigenvalue weighted by Gasteiger charge is 2.45. The molecule has 0 amide bonds. The summed E-state index contributed by atoms with van der Waals surface area (Å²) in [6, 6.07) is 43.0. The number of nitrogens with zero attached hydrogens (tertiary/aromatic N) is 1. The lowest BCUT2D eigenvalue weighted by Gasteiger charge is -2.27. The van der Waals surface area contributed by atoms with Gasteiger partial charge in [0.15, 0.2) is 0 Å². The Kier molecular flexibility index (Phi) is 6.56. The van der Waals surface area contributed by atoms with E-state index < -0.39 is 7.26 Å². The smallest absolute Gasteiger partial charge is 0.118 e. The van der Waals surface area contributed by atoms with Gasteiger partial charge in [-0.05, 0) is 60.7 Å². The molecule has 0 atom stereocenters. The van der Waals surface area contributed by atoms with Crippen molar-refractivity contribution in [2.75, 3.05) is 0 Å². The Labute approximate surface area is 199 Å². The van der Waals surface area contributed by atoms with Crippen LogP contribution in [0.15, 0.2) is 115 Å². The molecule has 5 aromatic rings. The number of fused-ring (bicyclic) bond motifs is 1. The SMILES string of the molecule is N#Cc1ccc2[nH]c(C[P+](c3ccccc3)(c3ccccc3)c3ccccc3)cc2c1.[Br-]. The van der Waals surface area contributed by atoms with Crippen LogP contribution in [0.4, 0.5) is 0 Å². The molecule has 0 radical (unpaired) electrons. The minimum absolute atomic E-state index is 0. The first kappa shape index (κ1) is 22.0. The highest BCUT2D eigenvalue weighted by Crippen LogP contribution is 2.58. The van der Waals surface area contributed by atoms with Gasteiger partial charge in [-0.15, -0.1) is 0 Å². The number of halogens is 1. The van der Waals surface area contributed by atoms with E-state index in [9.17, 15) is 5.26 Å². The van der Waals surface area contributed by atoms with Crippen molar-refractivity contribution in [3.63, 3.8) is 0 Å². The number of rotatable bonds is 5. The van der Waals surface area contributed by atoms with Gasteiger partial charge in [-0.25, -0.2) is 0 Å². The Morgan fingerprint density at radius 2 is 1.16 bits per heavy atom. The van der Waals surface area contributed by atoms with Gasteiger partial charge >= 0.3 is 0 Å². The molecule has 0 aliphatic heterocycles. The monoisotopic (exact) mass is 496 g/mol. The van der Waals surface area contributed by atoms with Crippen molar-refractivity contribution in [3.8, 4) is 6.07 Å². The van der Waals surface area contributed by atoms with Crippen molar-refractivity contribution in [2.24, 2.45) is 0 Å². The quantitative estimate of drug-likeness (QED) is 0.373. The van der Waals surface area contributed by atoms with E-state index in [0.29, 0.717) is 5.56 Å². The molecule has 0 aliphatic rings. The molecule has 32 heavy (non-hydrogen) atoms. The Balaban J connectivity index is 0.00000245. The predicted octanol–water partition coefficient (Wildman–Crippen LogP) is 2.54. The van der Waals surface area contributed by atoms with Crippen LogP contribution in [0.1, 0.15) is 11.3 Å². The lowest BCUT2D eigenvalue weighted by molar-refractivity contribution is -0.00000630. The van der Waals surface area contributed by atoms with E-state index in [-0.39, 0.29) is 17.0 Å². The molecule has 0 unspecified atom stereocenters. The first-order chi connectivity index (χ1) is 15.3. The van der Waals surface area contributed by atoms with E-state index in [1.807, 2.05) is 18.2 Å². The zero-order valence-corrected chi connectivity index (χ0v) is 19.9. The molecule has 1 aromatic heterocycles. The van der Waals surface area contributed by atoms with E-state index >= 15 is 0 Å². The Morgan fingerprint density at radius 3 is 1.62 bits per heavy atom. The van der Waals surface area contributed by atoms with Crippen molar-refractivity contribution >= 4 is 34.1 Å². The molecule has 4 aromatic carbocycles. The van der Waals surface area contributed by atoms with Crippen LogP contribution >= 0.6 is 7.26 Å². The molecule has 5 rings (SSSR count). The molecule has 0 aliphatic carbocycles. The molecule has 0 saturated heterocycles.